The molecule has 0 aliphatic carbocycles. The van der Waals surface area contributed by atoms with Crippen LogP contribution in [0.15, 0.2) is 54.6 Å². The fourth-order valence-electron chi connectivity index (χ4n) is 4.14. The van der Waals surface area contributed by atoms with Crippen LogP contribution in [0.1, 0.15) is 36.8 Å². The van der Waals surface area contributed by atoms with Crippen molar-refractivity contribution in [3.63, 3.8) is 0 Å². The van der Waals surface area contributed by atoms with Crippen molar-refractivity contribution in [1.29, 1.82) is 0 Å². The summed E-state index contributed by atoms with van der Waals surface area (Å²) in [5.41, 5.74) is 2.62. The molecule has 0 radical (unpaired) electrons. The maximum atomic E-state index is 6.32. The number of hydrogen-bond acceptors (Lipinski definition) is 4. The van der Waals surface area contributed by atoms with E-state index in [1.54, 1.807) is 14.2 Å². The van der Waals surface area contributed by atoms with Crippen LogP contribution in [-0.2, 0) is 12.8 Å². The molecular weight excluding hydrogens is 467 g/mol. The Hall–Kier alpha value is -1.98. The number of nitrogens with one attached hydrogen (secondary N) is 2. The molecule has 3 aromatic rings. The molecule has 0 fully saturated rings. The summed E-state index contributed by atoms with van der Waals surface area (Å²) in [7, 11) is 3.34. The predicted molar refractivity (Wildman–Crippen MR) is 147 cm³/mol. The summed E-state index contributed by atoms with van der Waals surface area (Å²) in [5.74, 6) is 1.58. The number of methoxy groups -OCH3 is 2. The first-order valence-electron chi connectivity index (χ1n) is 12.0. The zero-order valence-electron chi connectivity index (χ0n) is 20.4. The average molecular weight is 506 g/mol. The highest BCUT2D eigenvalue weighted by Crippen LogP contribution is 2.28. The first-order valence-corrected chi connectivity index (χ1v) is 12.4. The Bertz CT molecular complexity index is 997. The van der Waals surface area contributed by atoms with E-state index in [-0.39, 0.29) is 12.4 Å². The van der Waals surface area contributed by atoms with Gasteiger partial charge >= 0.3 is 0 Å². The first-order chi connectivity index (χ1) is 16.2. The summed E-state index contributed by atoms with van der Waals surface area (Å²) in [4.78, 5) is 0. The van der Waals surface area contributed by atoms with Crippen molar-refractivity contribution in [2.75, 3.05) is 40.4 Å². The van der Waals surface area contributed by atoms with Crippen LogP contribution in [-0.4, -0.2) is 40.4 Å². The lowest BCUT2D eigenvalue weighted by Crippen LogP contribution is -2.19. The third kappa shape index (κ3) is 8.66. The van der Waals surface area contributed by atoms with Crippen LogP contribution in [0.2, 0.25) is 5.02 Å². The number of hydrogen-bond donors (Lipinski definition) is 2. The number of ether oxygens (including phenoxy) is 2. The van der Waals surface area contributed by atoms with Crippen LogP contribution in [0.5, 0.6) is 11.5 Å². The molecule has 6 heteroatoms. The molecule has 3 rings (SSSR count). The summed E-state index contributed by atoms with van der Waals surface area (Å²) in [6, 6.07) is 18.7. The van der Waals surface area contributed by atoms with Crippen molar-refractivity contribution in [3.8, 4) is 11.5 Å². The minimum absolute atomic E-state index is 0. The Morgan fingerprint density at radius 1 is 0.676 bits per heavy atom. The average Bonchev–Trinajstić information content (AvgIpc) is 2.86. The van der Waals surface area contributed by atoms with Gasteiger partial charge < -0.3 is 20.1 Å². The molecule has 186 valence electrons. The number of halogens is 2. The molecule has 0 aliphatic rings. The Kier molecular flexibility index (Phi) is 13.2. The fraction of sp³-hybridized carbons (Fsp3) is 0.429. The van der Waals surface area contributed by atoms with Crippen LogP contribution in [0, 0.1) is 0 Å². The molecule has 0 unspecified atom stereocenters. The van der Waals surface area contributed by atoms with E-state index in [2.05, 4.69) is 47.0 Å². The van der Waals surface area contributed by atoms with Gasteiger partial charge in [0.05, 0.1) is 14.2 Å². The molecule has 4 nitrogen and oxygen atoms in total. The fourth-order valence-corrected chi connectivity index (χ4v) is 4.37. The van der Waals surface area contributed by atoms with Crippen LogP contribution in [0.4, 0.5) is 0 Å². The zero-order valence-corrected chi connectivity index (χ0v) is 21.9. The highest BCUT2D eigenvalue weighted by molar-refractivity contribution is 6.35. The Balaban J connectivity index is 0.00000408. The topological polar surface area (TPSA) is 42.5 Å². The van der Waals surface area contributed by atoms with Gasteiger partial charge in [-0.25, -0.2) is 0 Å². The van der Waals surface area contributed by atoms with Crippen molar-refractivity contribution >= 4 is 34.8 Å². The van der Waals surface area contributed by atoms with E-state index in [4.69, 9.17) is 21.1 Å². The van der Waals surface area contributed by atoms with E-state index < -0.39 is 0 Å². The van der Waals surface area contributed by atoms with Gasteiger partial charge in [0.15, 0.2) is 11.5 Å². The second kappa shape index (κ2) is 15.8. The third-order valence-corrected chi connectivity index (χ3v) is 6.36. The van der Waals surface area contributed by atoms with Gasteiger partial charge in [-0.3, -0.25) is 0 Å². The lowest BCUT2D eigenvalue weighted by Gasteiger charge is -2.10. The van der Waals surface area contributed by atoms with E-state index in [9.17, 15) is 0 Å². The lowest BCUT2D eigenvalue weighted by molar-refractivity contribution is 0.354. The molecule has 0 saturated carbocycles. The van der Waals surface area contributed by atoms with E-state index >= 15 is 0 Å². The van der Waals surface area contributed by atoms with Crippen LogP contribution < -0.4 is 20.1 Å². The van der Waals surface area contributed by atoms with Gasteiger partial charge in [-0.15, -0.1) is 12.4 Å². The monoisotopic (exact) mass is 504 g/mol. The maximum Gasteiger partial charge on any atom is 0.160 e. The largest absolute Gasteiger partial charge is 0.493 e. The summed E-state index contributed by atoms with van der Waals surface area (Å²) >= 11 is 6.32. The standard InChI is InChI=1S/C28H37ClN2O2.ClH/c1-32-27-14-11-22(21-28(27)33-2)15-19-30-17-7-3-4-8-18-31-20-16-23-12-13-26(29)25-10-6-5-9-24(23)25;/h5-6,9-14,21,30-31H,3-4,7-8,15-20H2,1-2H3;1H. The molecule has 0 amide bonds. The van der Waals surface area contributed by atoms with Crippen molar-refractivity contribution in [3.05, 3.63) is 70.7 Å². The third-order valence-electron chi connectivity index (χ3n) is 6.03. The normalized spacial score (nSPS) is 10.8. The van der Waals surface area contributed by atoms with Gasteiger partial charge in [0.25, 0.3) is 0 Å². The molecule has 34 heavy (non-hydrogen) atoms. The molecule has 0 atom stereocenters. The van der Waals surface area contributed by atoms with E-state index in [1.165, 1.54) is 42.2 Å². The smallest absolute Gasteiger partial charge is 0.160 e. The lowest BCUT2D eigenvalue weighted by atomic mass is 10.0. The Labute approximate surface area is 215 Å². The number of fused-ring (bicyclic) bond motifs is 1. The van der Waals surface area contributed by atoms with Gasteiger partial charge in [-0.2, -0.15) is 0 Å². The second-order valence-corrected chi connectivity index (χ2v) is 8.76. The highest BCUT2D eigenvalue weighted by atomic mass is 35.5. The predicted octanol–water partition coefficient (Wildman–Crippen LogP) is 6.46. The van der Waals surface area contributed by atoms with E-state index in [1.807, 2.05) is 18.2 Å². The zero-order chi connectivity index (χ0) is 23.3. The quantitative estimate of drug-likeness (QED) is 0.233. The van der Waals surface area contributed by atoms with Gasteiger partial charge in [0.2, 0.25) is 0 Å². The Morgan fingerprint density at radius 3 is 2.00 bits per heavy atom. The molecule has 0 aromatic heterocycles. The molecule has 0 bridgehead atoms. The minimum Gasteiger partial charge on any atom is -0.493 e. The van der Waals surface area contributed by atoms with E-state index in [0.29, 0.717) is 0 Å². The maximum absolute atomic E-state index is 6.32. The van der Waals surface area contributed by atoms with Crippen molar-refractivity contribution in [1.82, 2.24) is 10.6 Å². The van der Waals surface area contributed by atoms with E-state index in [0.717, 1.165) is 60.9 Å². The van der Waals surface area contributed by atoms with Crippen LogP contribution >= 0.6 is 24.0 Å². The minimum atomic E-state index is 0. The first kappa shape index (κ1) is 28.3. The SMILES string of the molecule is COc1ccc(CCNCCCCCCNCCc2ccc(Cl)c3ccccc23)cc1OC.Cl. The molecule has 2 N–H and O–H groups in total. The van der Waals surface area contributed by atoms with Gasteiger partial charge in [-0.1, -0.05) is 60.8 Å². The molecule has 0 aliphatic heterocycles. The summed E-state index contributed by atoms with van der Waals surface area (Å²) in [6.07, 6.45) is 7.02. The molecule has 0 heterocycles. The van der Waals surface area contributed by atoms with Gasteiger partial charge in [0, 0.05) is 10.4 Å². The summed E-state index contributed by atoms with van der Waals surface area (Å²) in [5, 5.41) is 10.4. The highest BCUT2D eigenvalue weighted by Gasteiger charge is 2.05. The van der Waals surface area contributed by atoms with Crippen molar-refractivity contribution < 1.29 is 9.47 Å². The number of rotatable bonds is 15. The molecular formula is C28H38Cl2N2O2. The van der Waals surface area contributed by atoms with Crippen molar-refractivity contribution in [2.24, 2.45) is 0 Å². The van der Waals surface area contributed by atoms with Gasteiger partial charge in [0.1, 0.15) is 0 Å². The van der Waals surface area contributed by atoms with Crippen LogP contribution in [0.3, 0.4) is 0 Å². The molecule has 0 spiro atoms. The van der Waals surface area contributed by atoms with Gasteiger partial charge in [-0.05, 0) is 86.6 Å². The second-order valence-electron chi connectivity index (χ2n) is 8.36. The number of unbranched alkanes of at least 4 members (excludes halogenated alkanes) is 3. The van der Waals surface area contributed by atoms with Crippen LogP contribution in [0.25, 0.3) is 10.8 Å². The molecule has 3 aromatic carbocycles. The number of benzene rings is 3. The summed E-state index contributed by atoms with van der Waals surface area (Å²) in [6.45, 7) is 4.14. The Morgan fingerprint density at radius 2 is 1.32 bits per heavy atom. The summed E-state index contributed by atoms with van der Waals surface area (Å²) < 4.78 is 10.7. The van der Waals surface area contributed by atoms with Crippen molar-refractivity contribution in [2.45, 2.75) is 38.5 Å². The molecule has 0 saturated heterocycles.